The van der Waals surface area contributed by atoms with Gasteiger partial charge in [0.15, 0.2) is 0 Å². The highest BCUT2D eigenvalue weighted by atomic mass is 16.2. The summed E-state index contributed by atoms with van der Waals surface area (Å²) in [4.78, 5) is 14.5. The van der Waals surface area contributed by atoms with Gasteiger partial charge in [-0.05, 0) is 30.4 Å². The Morgan fingerprint density at radius 2 is 1.80 bits per heavy atom. The number of hydrogen-bond acceptors (Lipinski definition) is 2. The lowest BCUT2D eigenvalue weighted by atomic mass is 9.94. The van der Waals surface area contributed by atoms with Crippen molar-refractivity contribution in [3.8, 4) is 0 Å². The number of rotatable bonds is 2. The fraction of sp³-hybridized carbons (Fsp3) is 0.588. The molecule has 2 aliphatic heterocycles. The van der Waals surface area contributed by atoms with Gasteiger partial charge in [-0.2, -0.15) is 0 Å². The maximum atomic E-state index is 12.4. The minimum Gasteiger partial charge on any atom is -0.343 e. The highest BCUT2D eigenvalue weighted by molar-refractivity contribution is 5.77. The van der Waals surface area contributed by atoms with E-state index in [0.29, 0.717) is 18.4 Å². The van der Waals surface area contributed by atoms with Crippen molar-refractivity contribution < 1.29 is 4.79 Å². The first-order valence-electron chi connectivity index (χ1n) is 7.91. The van der Waals surface area contributed by atoms with Crippen LogP contribution in [-0.2, 0) is 17.8 Å². The second-order valence-corrected chi connectivity index (χ2v) is 6.05. The van der Waals surface area contributed by atoms with Crippen LogP contribution < -0.4 is 5.32 Å². The zero-order chi connectivity index (χ0) is 13.8. The number of hydrogen-bond donors (Lipinski definition) is 1. The number of carbonyl (C=O) groups is 1. The molecule has 0 saturated carbocycles. The largest absolute Gasteiger partial charge is 0.343 e. The molecule has 0 spiro atoms. The SMILES string of the molecule is O=C(CC1Cc2ccccc2CN1)N1CCCCCC1. The van der Waals surface area contributed by atoms with Crippen LogP contribution in [0.25, 0.3) is 0 Å². The first-order valence-corrected chi connectivity index (χ1v) is 7.91. The number of benzene rings is 1. The molecule has 0 bridgehead atoms. The molecule has 0 radical (unpaired) electrons. The molecular weight excluding hydrogens is 248 g/mol. The third kappa shape index (κ3) is 3.21. The van der Waals surface area contributed by atoms with Gasteiger partial charge >= 0.3 is 0 Å². The number of carbonyl (C=O) groups excluding carboxylic acids is 1. The zero-order valence-corrected chi connectivity index (χ0v) is 12.1. The first-order chi connectivity index (χ1) is 9.83. The molecule has 1 atom stereocenters. The van der Waals surface area contributed by atoms with E-state index in [1.165, 1.54) is 36.8 Å². The van der Waals surface area contributed by atoms with Crippen LogP contribution in [0.3, 0.4) is 0 Å². The van der Waals surface area contributed by atoms with Crippen LogP contribution in [0.15, 0.2) is 24.3 Å². The summed E-state index contributed by atoms with van der Waals surface area (Å²) >= 11 is 0. The van der Waals surface area contributed by atoms with Crippen LogP contribution in [0.4, 0.5) is 0 Å². The number of likely N-dealkylation sites (tertiary alicyclic amines) is 1. The minimum absolute atomic E-state index is 0.306. The molecule has 108 valence electrons. The van der Waals surface area contributed by atoms with E-state index >= 15 is 0 Å². The summed E-state index contributed by atoms with van der Waals surface area (Å²) in [5.74, 6) is 0.337. The van der Waals surface area contributed by atoms with Gasteiger partial charge in [-0.25, -0.2) is 0 Å². The predicted octanol–water partition coefficient (Wildman–Crippen LogP) is 2.49. The molecule has 2 aliphatic rings. The van der Waals surface area contributed by atoms with Crippen LogP contribution in [-0.4, -0.2) is 29.9 Å². The van der Waals surface area contributed by atoms with Crippen molar-refractivity contribution >= 4 is 5.91 Å². The Hall–Kier alpha value is -1.35. The average Bonchev–Trinajstić information content (AvgIpc) is 2.76. The molecule has 3 nitrogen and oxygen atoms in total. The Labute approximate surface area is 121 Å². The highest BCUT2D eigenvalue weighted by Crippen LogP contribution is 2.19. The van der Waals surface area contributed by atoms with E-state index in [-0.39, 0.29) is 0 Å². The van der Waals surface area contributed by atoms with Gasteiger partial charge in [-0.3, -0.25) is 4.79 Å². The van der Waals surface area contributed by atoms with E-state index < -0.39 is 0 Å². The van der Waals surface area contributed by atoms with E-state index in [1.807, 2.05) is 0 Å². The summed E-state index contributed by atoms with van der Waals surface area (Å²) < 4.78 is 0. The fourth-order valence-corrected chi connectivity index (χ4v) is 3.33. The van der Waals surface area contributed by atoms with Crippen LogP contribution in [0.2, 0.25) is 0 Å². The molecule has 1 aromatic carbocycles. The second-order valence-electron chi connectivity index (χ2n) is 6.05. The Morgan fingerprint density at radius 1 is 1.10 bits per heavy atom. The zero-order valence-electron chi connectivity index (χ0n) is 12.1. The lowest BCUT2D eigenvalue weighted by Crippen LogP contribution is -2.41. The Balaban J connectivity index is 1.57. The van der Waals surface area contributed by atoms with Gasteiger partial charge in [-0.1, -0.05) is 37.1 Å². The van der Waals surface area contributed by atoms with Crippen molar-refractivity contribution in [2.24, 2.45) is 0 Å². The van der Waals surface area contributed by atoms with Crippen molar-refractivity contribution in [1.82, 2.24) is 10.2 Å². The third-order valence-electron chi connectivity index (χ3n) is 4.55. The topological polar surface area (TPSA) is 32.3 Å². The van der Waals surface area contributed by atoms with E-state index in [2.05, 4.69) is 34.5 Å². The van der Waals surface area contributed by atoms with Crippen LogP contribution in [0.1, 0.15) is 43.2 Å². The molecule has 1 aromatic rings. The van der Waals surface area contributed by atoms with E-state index in [1.54, 1.807) is 0 Å². The molecule has 2 heterocycles. The van der Waals surface area contributed by atoms with Crippen LogP contribution >= 0.6 is 0 Å². The van der Waals surface area contributed by atoms with E-state index in [4.69, 9.17) is 0 Å². The van der Waals surface area contributed by atoms with Gasteiger partial charge in [0.2, 0.25) is 5.91 Å². The molecular formula is C17H24N2O. The summed E-state index contributed by atoms with van der Waals surface area (Å²) in [6.45, 7) is 2.82. The van der Waals surface area contributed by atoms with Gasteiger partial charge in [0, 0.05) is 32.1 Å². The molecule has 1 amide bonds. The maximum Gasteiger partial charge on any atom is 0.224 e. The van der Waals surface area contributed by atoms with Crippen molar-refractivity contribution in [1.29, 1.82) is 0 Å². The monoisotopic (exact) mass is 272 g/mol. The number of amides is 1. The summed E-state index contributed by atoms with van der Waals surface area (Å²) in [6, 6.07) is 8.86. The molecule has 0 aliphatic carbocycles. The predicted molar refractivity (Wildman–Crippen MR) is 80.4 cm³/mol. The van der Waals surface area contributed by atoms with Crippen LogP contribution in [0, 0.1) is 0 Å². The van der Waals surface area contributed by atoms with Crippen molar-refractivity contribution in [2.45, 2.75) is 51.1 Å². The lowest BCUT2D eigenvalue weighted by Gasteiger charge is -2.28. The smallest absolute Gasteiger partial charge is 0.224 e. The summed E-state index contributed by atoms with van der Waals surface area (Å²) in [5.41, 5.74) is 2.78. The van der Waals surface area contributed by atoms with Gasteiger partial charge in [-0.15, -0.1) is 0 Å². The molecule has 1 saturated heterocycles. The quantitative estimate of drug-likeness (QED) is 0.897. The summed E-state index contributed by atoms with van der Waals surface area (Å²) in [7, 11) is 0. The van der Waals surface area contributed by atoms with Crippen molar-refractivity contribution in [3.05, 3.63) is 35.4 Å². The normalized spacial score (nSPS) is 23.0. The molecule has 3 rings (SSSR count). The van der Waals surface area contributed by atoms with Crippen LogP contribution in [0.5, 0.6) is 0 Å². The van der Waals surface area contributed by atoms with E-state index in [0.717, 1.165) is 26.1 Å². The van der Waals surface area contributed by atoms with Gasteiger partial charge in [0.1, 0.15) is 0 Å². The molecule has 3 heteroatoms. The molecule has 1 N–H and O–H groups in total. The Kier molecular flexibility index (Phi) is 4.36. The van der Waals surface area contributed by atoms with Gasteiger partial charge in [0.05, 0.1) is 0 Å². The Morgan fingerprint density at radius 3 is 2.55 bits per heavy atom. The first kappa shape index (κ1) is 13.6. The number of nitrogens with zero attached hydrogens (tertiary/aromatic N) is 1. The third-order valence-corrected chi connectivity index (χ3v) is 4.55. The average molecular weight is 272 g/mol. The standard InChI is InChI=1S/C17H24N2O/c20-17(19-9-5-1-2-6-10-19)12-16-11-14-7-3-4-8-15(14)13-18-16/h3-4,7-8,16,18H,1-2,5-6,9-13H2. The van der Waals surface area contributed by atoms with Gasteiger partial charge in [0.25, 0.3) is 0 Å². The molecule has 20 heavy (non-hydrogen) atoms. The summed E-state index contributed by atoms with van der Waals surface area (Å²) in [6.07, 6.45) is 6.53. The second kappa shape index (κ2) is 6.40. The van der Waals surface area contributed by atoms with Crippen molar-refractivity contribution in [3.63, 3.8) is 0 Å². The Bertz CT molecular complexity index is 464. The number of fused-ring (bicyclic) bond motifs is 1. The highest BCUT2D eigenvalue weighted by Gasteiger charge is 2.23. The molecule has 1 fully saturated rings. The molecule has 0 aromatic heterocycles. The molecule has 1 unspecified atom stereocenters. The lowest BCUT2D eigenvalue weighted by molar-refractivity contribution is -0.131. The number of nitrogens with one attached hydrogen (secondary N) is 1. The fourth-order valence-electron chi connectivity index (χ4n) is 3.33. The van der Waals surface area contributed by atoms with Crippen molar-refractivity contribution in [2.75, 3.05) is 13.1 Å². The van der Waals surface area contributed by atoms with E-state index in [9.17, 15) is 4.79 Å². The van der Waals surface area contributed by atoms with Gasteiger partial charge < -0.3 is 10.2 Å². The minimum atomic E-state index is 0.306. The maximum absolute atomic E-state index is 12.4. The summed E-state index contributed by atoms with van der Waals surface area (Å²) in [5, 5.41) is 3.51.